The van der Waals surface area contributed by atoms with E-state index in [1.165, 1.54) is 17.5 Å². The highest BCUT2D eigenvalue weighted by Gasteiger charge is 2.19. The first-order chi connectivity index (χ1) is 17.6. The number of hydrogen-bond acceptors (Lipinski definition) is 6. The van der Waals surface area contributed by atoms with Gasteiger partial charge in [-0.15, -0.1) is 11.3 Å². The lowest BCUT2D eigenvalue weighted by atomic mass is 10.0. The Hall–Kier alpha value is -3.75. The van der Waals surface area contributed by atoms with E-state index in [1.54, 1.807) is 6.07 Å². The molecule has 8 heteroatoms. The maximum Gasteiger partial charge on any atom is 0.257 e. The number of rotatable bonds is 7. The van der Waals surface area contributed by atoms with Crippen molar-refractivity contribution in [3.8, 4) is 0 Å². The van der Waals surface area contributed by atoms with Gasteiger partial charge in [0, 0.05) is 40.5 Å². The first kappa shape index (κ1) is 24.0. The molecule has 0 spiro atoms. The lowest BCUT2D eigenvalue weighted by Crippen LogP contribution is -2.33. The number of aryl methyl sites for hydroxylation is 1. The zero-order valence-corrected chi connectivity index (χ0v) is 20.9. The number of thiophene rings is 1. The molecule has 0 aliphatic carbocycles. The van der Waals surface area contributed by atoms with E-state index in [2.05, 4.69) is 20.9 Å². The molecule has 1 aliphatic heterocycles. The van der Waals surface area contributed by atoms with E-state index < -0.39 is 0 Å². The van der Waals surface area contributed by atoms with Crippen LogP contribution in [0, 0.1) is 12.8 Å². The molecule has 3 N–H and O–H groups in total. The second-order valence-electron chi connectivity index (χ2n) is 8.95. The highest BCUT2D eigenvalue weighted by molar-refractivity contribution is 7.17. The second kappa shape index (κ2) is 10.9. The first-order valence-corrected chi connectivity index (χ1v) is 12.9. The third kappa shape index (κ3) is 5.40. The predicted octanol–water partition coefficient (Wildman–Crippen LogP) is 5.76. The number of para-hydroxylation sites is 1. The molecule has 0 bridgehead atoms. The fourth-order valence-electron chi connectivity index (χ4n) is 4.28. The first-order valence-electron chi connectivity index (χ1n) is 12.0. The van der Waals surface area contributed by atoms with Crippen LogP contribution < -0.4 is 16.0 Å². The van der Waals surface area contributed by atoms with E-state index in [0.717, 1.165) is 40.8 Å². The summed E-state index contributed by atoms with van der Waals surface area (Å²) >= 11 is 1.52. The highest BCUT2D eigenvalue weighted by Crippen LogP contribution is 2.30. The summed E-state index contributed by atoms with van der Waals surface area (Å²) in [5.41, 5.74) is 3.32. The lowest BCUT2D eigenvalue weighted by molar-refractivity contribution is 0.0536. The monoisotopic (exact) mass is 500 g/mol. The van der Waals surface area contributed by atoms with E-state index in [1.807, 2.05) is 60.8 Å². The van der Waals surface area contributed by atoms with Gasteiger partial charge in [-0.3, -0.25) is 9.59 Å². The van der Waals surface area contributed by atoms with E-state index >= 15 is 0 Å². The molecule has 5 rings (SSSR count). The second-order valence-corrected chi connectivity index (χ2v) is 9.86. The molecule has 4 aromatic rings. The number of hydrogen-bond donors (Lipinski definition) is 3. The molecule has 2 amide bonds. The van der Waals surface area contributed by atoms with Gasteiger partial charge in [0.1, 0.15) is 0 Å². The van der Waals surface area contributed by atoms with Crippen LogP contribution in [0.1, 0.15) is 39.1 Å². The average Bonchev–Trinajstić information content (AvgIpc) is 3.34. The van der Waals surface area contributed by atoms with Crippen molar-refractivity contribution in [2.45, 2.75) is 19.8 Å². The molecule has 7 nitrogen and oxygen atoms in total. The van der Waals surface area contributed by atoms with Crippen molar-refractivity contribution in [3.63, 3.8) is 0 Å². The Morgan fingerprint density at radius 1 is 1.08 bits per heavy atom. The molecule has 2 aromatic heterocycles. The number of nitrogens with one attached hydrogen (secondary N) is 3. The van der Waals surface area contributed by atoms with E-state index in [-0.39, 0.29) is 11.8 Å². The van der Waals surface area contributed by atoms with Crippen LogP contribution in [-0.2, 0) is 4.74 Å². The molecule has 0 radical (unpaired) electrons. The van der Waals surface area contributed by atoms with E-state index in [0.29, 0.717) is 41.7 Å². The Kier molecular flexibility index (Phi) is 7.25. The molecule has 184 valence electrons. The van der Waals surface area contributed by atoms with Gasteiger partial charge in [-0.05, 0) is 49.4 Å². The minimum absolute atomic E-state index is 0.230. The number of carbonyl (C=O) groups is 2. The third-order valence-electron chi connectivity index (χ3n) is 6.33. The van der Waals surface area contributed by atoms with Crippen molar-refractivity contribution in [2.75, 3.05) is 30.4 Å². The number of aromatic nitrogens is 1. The van der Waals surface area contributed by atoms with Gasteiger partial charge < -0.3 is 20.7 Å². The van der Waals surface area contributed by atoms with Crippen molar-refractivity contribution in [2.24, 2.45) is 5.92 Å². The Balaban J connectivity index is 1.41. The third-order valence-corrected chi connectivity index (χ3v) is 7.29. The summed E-state index contributed by atoms with van der Waals surface area (Å²) in [6.45, 7) is 3.99. The Labute approximate surface area is 213 Å². The smallest absolute Gasteiger partial charge is 0.257 e. The Morgan fingerprint density at radius 3 is 2.75 bits per heavy atom. The quantitative estimate of drug-likeness (QED) is 0.300. The lowest BCUT2D eigenvalue weighted by Gasteiger charge is -2.22. The zero-order valence-electron chi connectivity index (χ0n) is 20.0. The van der Waals surface area contributed by atoms with Crippen LogP contribution in [0.15, 0.2) is 66.2 Å². The molecule has 2 aromatic carbocycles. The van der Waals surface area contributed by atoms with Crippen LogP contribution in [0.4, 0.5) is 17.2 Å². The molecule has 3 heterocycles. The number of carbonyl (C=O) groups excluding carboxylic acids is 2. The van der Waals surface area contributed by atoms with Gasteiger partial charge in [-0.1, -0.05) is 36.4 Å². The van der Waals surface area contributed by atoms with Crippen LogP contribution >= 0.6 is 11.3 Å². The van der Waals surface area contributed by atoms with Crippen molar-refractivity contribution < 1.29 is 14.3 Å². The van der Waals surface area contributed by atoms with Gasteiger partial charge in [0.15, 0.2) is 5.82 Å². The van der Waals surface area contributed by atoms with E-state index in [4.69, 9.17) is 4.74 Å². The molecule has 0 saturated carbocycles. The van der Waals surface area contributed by atoms with Gasteiger partial charge in [-0.25, -0.2) is 4.98 Å². The summed E-state index contributed by atoms with van der Waals surface area (Å²) in [5.74, 6) is 0.295. The molecular formula is C28H28N4O3S. The molecule has 1 saturated heterocycles. The summed E-state index contributed by atoms with van der Waals surface area (Å²) in [6.07, 6.45) is 3.57. The van der Waals surface area contributed by atoms with Gasteiger partial charge >= 0.3 is 0 Å². The number of ether oxygens (including phenoxy) is 1. The molecule has 36 heavy (non-hydrogen) atoms. The van der Waals surface area contributed by atoms with Crippen molar-refractivity contribution in [3.05, 3.63) is 82.9 Å². The van der Waals surface area contributed by atoms with Crippen molar-refractivity contribution in [1.29, 1.82) is 0 Å². The molecule has 1 aliphatic rings. The summed E-state index contributed by atoms with van der Waals surface area (Å²) in [5, 5.41) is 12.0. The van der Waals surface area contributed by atoms with Crippen LogP contribution in [-0.4, -0.2) is 36.6 Å². The minimum atomic E-state index is -0.251. The Bertz CT molecular complexity index is 1390. The van der Waals surface area contributed by atoms with Crippen LogP contribution in [0.2, 0.25) is 0 Å². The van der Waals surface area contributed by atoms with Gasteiger partial charge in [0.05, 0.1) is 23.4 Å². The summed E-state index contributed by atoms with van der Waals surface area (Å²) in [7, 11) is 0. The van der Waals surface area contributed by atoms with Gasteiger partial charge in [0.2, 0.25) is 0 Å². The zero-order chi connectivity index (χ0) is 24.9. The fourth-order valence-corrected chi connectivity index (χ4v) is 5.22. The number of anilines is 3. The average molecular weight is 501 g/mol. The maximum atomic E-state index is 13.3. The Morgan fingerprint density at radius 2 is 1.92 bits per heavy atom. The summed E-state index contributed by atoms with van der Waals surface area (Å²) in [6, 6.07) is 17.3. The molecular weight excluding hydrogens is 472 g/mol. The van der Waals surface area contributed by atoms with Gasteiger partial charge in [0.25, 0.3) is 11.8 Å². The number of benzene rings is 2. The van der Waals surface area contributed by atoms with Crippen LogP contribution in [0.5, 0.6) is 0 Å². The normalized spacial score (nSPS) is 15.4. The predicted molar refractivity (Wildman–Crippen MR) is 144 cm³/mol. The standard InChI is InChI=1S/C28H28N4O3S/c1-18-7-2-4-10-23(18)31-26-24(32-28(34)22-17-36-25-11-5-3-9-21(22)25)13-20(15-29-26)27(33)30-14-19-8-6-12-35-16-19/h2-5,7,9-11,13,15,17,19H,6,8,12,14,16H2,1H3,(H,29,31)(H,30,33)(H,32,34). The fraction of sp³-hybridized carbons (Fsp3) is 0.250. The van der Waals surface area contributed by atoms with Crippen molar-refractivity contribution >= 4 is 50.4 Å². The largest absolute Gasteiger partial charge is 0.381 e. The number of amides is 2. The highest BCUT2D eigenvalue weighted by atomic mass is 32.1. The maximum absolute atomic E-state index is 13.3. The number of nitrogens with zero attached hydrogens (tertiary/aromatic N) is 1. The summed E-state index contributed by atoms with van der Waals surface area (Å²) < 4.78 is 6.55. The SMILES string of the molecule is Cc1ccccc1Nc1ncc(C(=O)NCC2CCCOC2)cc1NC(=O)c1csc2ccccc12. The number of fused-ring (bicyclic) bond motifs is 1. The van der Waals surface area contributed by atoms with E-state index in [9.17, 15) is 9.59 Å². The van der Waals surface area contributed by atoms with Gasteiger partial charge in [-0.2, -0.15) is 0 Å². The molecule has 1 unspecified atom stereocenters. The molecule has 1 atom stereocenters. The molecule has 1 fully saturated rings. The van der Waals surface area contributed by atoms with Crippen molar-refractivity contribution in [1.82, 2.24) is 10.3 Å². The minimum Gasteiger partial charge on any atom is -0.381 e. The number of pyridine rings is 1. The topological polar surface area (TPSA) is 92.3 Å². The summed E-state index contributed by atoms with van der Waals surface area (Å²) in [4.78, 5) is 30.7. The van der Waals surface area contributed by atoms with Crippen LogP contribution in [0.25, 0.3) is 10.1 Å². The van der Waals surface area contributed by atoms with Crippen LogP contribution in [0.3, 0.4) is 0 Å².